The number of aromatic nitrogens is 2. The predicted molar refractivity (Wildman–Crippen MR) is 65.3 cm³/mol. The van der Waals surface area contributed by atoms with Crippen molar-refractivity contribution in [1.29, 1.82) is 0 Å². The van der Waals surface area contributed by atoms with Crippen molar-refractivity contribution in [3.8, 4) is 0 Å². The lowest BCUT2D eigenvalue weighted by atomic mass is 10.3. The molecule has 1 heterocycles. The molecule has 0 atom stereocenters. The van der Waals surface area contributed by atoms with Crippen molar-refractivity contribution in [3.05, 3.63) is 35.6 Å². The van der Waals surface area contributed by atoms with Crippen molar-refractivity contribution < 1.29 is 8.42 Å². The zero-order chi connectivity index (χ0) is 12.5. The van der Waals surface area contributed by atoms with Gasteiger partial charge in [-0.1, -0.05) is 11.6 Å². The molecule has 0 spiro atoms. The van der Waals surface area contributed by atoms with Gasteiger partial charge in [0.2, 0.25) is 0 Å². The number of rotatable bonds is 3. The third-order valence-electron chi connectivity index (χ3n) is 2.03. The first-order valence-electron chi connectivity index (χ1n) is 4.56. The maximum Gasteiger partial charge on any atom is 0.262 e. The second kappa shape index (κ2) is 4.27. The van der Waals surface area contributed by atoms with Crippen molar-refractivity contribution in [1.82, 2.24) is 10.2 Å². The van der Waals surface area contributed by atoms with Gasteiger partial charge in [-0.25, -0.2) is 8.42 Å². The maximum atomic E-state index is 11.9. The summed E-state index contributed by atoms with van der Waals surface area (Å²) in [6, 6.07) is 4.11. The minimum absolute atomic E-state index is 0.0397. The Morgan fingerprint density at radius 1 is 1.41 bits per heavy atom. The molecule has 0 saturated carbocycles. The van der Waals surface area contributed by atoms with Crippen molar-refractivity contribution >= 4 is 33.0 Å². The van der Waals surface area contributed by atoms with Gasteiger partial charge in [0, 0.05) is 6.20 Å². The summed E-state index contributed by atoms with van der Waals surface area (Å²) in [4.78, 5) is 0.0397. The van der Waals surface area contributed by atoms with Crippen molar-refractivity contribution in [3.63, 3.8) is 0 Å². The van der Waals surface area contributed by atoms with Crippen molar-refractivity contribution in [2.24, 2.45) is 0 Å². The first kappa shape index (κ1) is 11.7. The highest BCUT2D eigenvalue weighted by Gasteiger charge is 2.15. The first-order valence-corrected chi connectivity index (χ1v) is 6.42. The van der Waals surface area contributed by atoms with Crippen LogP contribution >= 0.6 is 11.6 Å². The summed E-state index contributed by atoms with van der Waals surface area (Å²) in [7, 11) is -3.67. The Hall–Kier alpha value is -1.73. The quantitative estimate of drug-likeness (QED) is 0.736. The van der Waals surface area contributed by atoms with Gasteiger partial charge in [-0.15, -0.1) is 0 Å². The van der Waals surface area contributed by atoms with Crippen LogP contribution in [0.4, 0.5) is 11.4 Å². The molecule has 0 amide bonds. The minimum Gasteiger partial charge on any atom is -0.398 e. The summed E-state index contributed by atoms with van der Waals surface area (Å²) in [5.41, 5.74) is 6.18. The molecule has 0 fully saturated rings. The Morgan fingerprint density at radius 2 is 2.18 bits per heavy atom. The van der Waals surface area contributed by atoms with Crippen molar-refractivity contribution in [2.45, 2.75) is 4.90 Å². The van der Waals surface area contributed by atoms with E-state index in [9.17, 15) is 8.42 Å². The third-order valence-corrected chi connectivity index (χ3v) is 3.74. The number of nitrogens with zero attached hydrogens (tertiary/aromatic N) is 1. The number of anilines is 2. The first-order chi connectivity index (χ1) is 7.99. The number of halogens is 1. The van der Waals surface area contributed by atoms with Crippen LogP contribution in [0.15, 0.2) is 35.5 Å². The minimum atomic E-state index is -3.67. The van der Waals surface area contributed by atoms with Gasteiger partial charge in [0.25, 0.3) is 10.0 Å². The Labute approximate surface area is 103 Å². The van der Waals surface area contributed by atoms with Gasteiger partial charge in [0.15, 0.2) is 0 Å². The Kier molecular flexibility index (Phi) is 2.95. The molecule has 0 bridgehead atoms. The topological polar surface area (TPSA) is 101 Å². The average Bonchev–Trinajstić information content (AvgIpc) is 2.73. The van der Waals surface area contributed by atoms with E-state index in [1.54, 1.807) is 0 Å². The van der Waals surface area contributed by atoms with Crippen LogP contribution in [-0.2, 0) is 10.0 Å². The third kappa shape index (κ3) is 2.51. The molecule has 0 aliphatic heterocycles. The second-order valence-corrected chi connectivity index (χ2v) is 5.37. The summed E-state index contributed by atoms with van der Waals surface area (Å²) in [5.74, 6) is 0. The van der Waals surface area contributed by atoms with Crippen LogP contribution in [0.25, 0.3) is 0 Å². The molecule has 1 aromatic carbocycles. The number of hydrogen-bond donors (Lipinski definition) is 3. The normalized spacial score (nSPS) is 11.4. The number of hydrogen-bond acceptors (Lipinski definition) is 4. The fraction of sp³-hybridized carbons (Fsp3) is 0. The van der Waals surface area contributed by atoms with Gasteiger partial charge < -0.3 is 5.73 Å². The second-order valence-electron chi connectivity index (χ2n) is 3.28. The summed E-state index contributed by atoms with van der Waals surface area (Å²) in [6.07, 6.45) is 2.78. The highest BCUT2D eigenvalue weighted by Crippen LogP contribution is 2.23. The molecule has 17 heavy (non-hydrogen) atoms. The molecule has 0 aliphatic rings. The zero-order valence-corrected chi connectivity index (χ0v) is 10.1. The molecule has 0 unspecified atom stereocenters. The molecule has 8 heteroatoms. The van der Waals surface area contributed by atoms with Gasteiger partial charge >= 0.3 is 0 Å². The van der Waals surface area contributed by atoms with Crippen LogP contribution in [0, 0.1) is 0 Å². The monoisotopic (exact) mass is 272 g/mol. The molecule has 2 aromatic rings. The lowest BCUT2D eigenvalue weighted by Crippen LogP contribution is -2.12. The molecule has 2 rings (SSSR count). The van der Waals surface area contributed by atoms with E-state index in [1.165, 1.54) is 30.6 Å². The van der Waals surface area contributed by atoms with Crippen LogP contribution in [0.1, 0.15) is 0 Å². The number of nitrogen functional groups attached to an aromatic ring is 1. The average molecular weight is 273 g/mol. The highest BCUT2D eigenvalue weighted by atomic mass is 35.5. The number of aromatic amines is 1. The van der Waals surface area contributed by atoms with E-state index in [2.05, 4.69) is 14.9 Å². The van der Waals surface area contributed by atoms with E-state index >= 15 is 0 Å². The fourth-order valence-electron chi connectivity index (χ4n) is 1.20. The Balaban J connectivity index is 2.35. The summed E-state index contributed by atoms with van der Waals surface area (Å²) >= 11 is 5.77. The standard InChI is InChI=1S/C9H9ClN4O2S/c10-8-3-7(1-2-9(8)11)17(15,16)14-6-4-12-13-5-6/h1-5,14H,11H2,(H,12,13). The molecule has 0 saturated heterocycles. The molecule has 4 N–H and O–H groups in total. The number of sulfonamides is 1. The van der Waals surface area contributed by atoms with Gasteiger partial charge in [-0.2, -0.15) is 5.10 Å². The molecule has 1 aromatic heterocycles. The van der Waals surface area contributed by atoms with E-state index in [1.807, 2.05) is 0 Å². The lowest BCUT2D eigenvalue weighted by molar-refractivity contribution is 0.601. The summed E-state index contributed by atoms with van der Waals surface area (Å²) < 4.78 is 26.2. The summed E-state index contributed by atoms with van der Waals surface area (Å²) in [5, 5.41) is 6.33. The number of nitrogens with one attached hydrogen (secondary N) is 2. The number of benzene rings is 1. The van der Waals surface area contributed by atoms with Gasteiger partial charge in [0.05, 0.1) is 27.5 Å². The SMILES string of the molecule is Nc1ccc(S(=O)(=O)Nc2cn[nH]c2)cc1Cl. The summed E-state index contributed by atoms with van der Waals surface area (Å²) in [6.45, 7) is 0. The maximum absolute atomic E-state index is 11.9. The molecule has 6 nitrogen and oxygen atoms in total. The largest absolute Gasteiger partial charge is 0.398 e. The van der Waals surface area contributed by atoms with E-state index in [0.29, 0.717) is 11.4 Å². The number of nitrogens with two attached hydrogens (primary N) is 1. The molecular formula is C9H9ClN4O2S. The number of H-pyrrole nitrogens is 1. The highest BCUT2D eigenvalue weighted by molar-refractivity contribution is 7.92. The molecule has 90 valence electrons. The van der Waals surface area contributed by atoms with Crippen molar-refractivity contribution in [2.75, 3.05) is 10.5 Å². The lowest BCUT2D eigenvalue weighted by Gasteiger charge is -2.06. The van der Waals surface area contributed by atoms with Gasteiger partial charge in [-0.3, -0.25) is 9.82 Å². The predicted octanol–water partition coefficient (Wildman–Crippen LogP) is 1.45. The Bertz CT molecular complexity index is 624. The molecule has 0 radical (unpaired) electrons. The molecular weight excluding hydrogens is 264 g/mol. The van der Waals surface area contributed by atoms with Gasteiger partial charge in [-0.05, 0) is 18.2 Å². The fourth-order valence-corrected chi connectivity index (χ4v) is 2.50. The van der Waals surface area contributed by atoms with Crippen LogP contribution in [0.2, 0.25) is 5.02 Å². The Morgan fingerprint density at radius 3 is 2.76 bits per heavy atom. The van der Waals surface area contributed by atoms with Crippen LogP contribution < -0.4 is 10.5 Å². The van der Waals surface area contributed by atoms with Gasteiger partial charge in [0.1, 0.15) is 0 Å². The van der Waals surface area contributed by atoms with Crippen LogP contribution in [-0.4, -0.2) is 18.6 Å². The van der Waals surface area contributed by atoms with E-state index < -0.39 is 10.0 Å². The zero-order valence-electron chi connectivity index (χ0n) is 8.51. The molecule has 0 aliphatic carbocycles. The van der Waals surface area contributed by atoms with Crippen LogP contribution in [0.3, 0.4) is 0 Å². The smallest absolute Gasteiger partial charge is 0.262 e. The van der Waals surface area contributed by atoms with E-state index in [-0.39, 0.29) is 9.92 Å². The van der Waals surface area contributed by atoms with E-state index in [0.717, 1.165) is 0 Å². The van der Waals surface area contributed by atoms with Crippen LogP contribution in [0.5, 0.6) is 0 Å². The van der Waals surface area contributed by atoms with E-state index in [4.69, 9.17) is 17.3 Å².